The van der Waals surface area contributed by atoms with Gasteiger partial charge in [-0.25, -0.2) is 8.42 Å². The van der Waals surface area contributed by atoms with Crippen molar-refractivity contribution in [3.8, 4) is 0 Å². The maximum absolute atomic E-state index is 12.3. The van der Waals surface area contributed by atoms with Crippen molar-refractivity contribution in [3.63, 3.8) is 0 Å². The van der Waals surface area contributed by atoms with Crippen molar-refractivity contribution in [2.45, 2.75) is 11.4 Å². The van der Waals surface area contributed by atoms with Gasteiger partial charge in [0.25, 0.3) is 0 Å². The molecule has 18 heavy (non-hydrogen) atoms. The van der Waals surface area contributed by atoms with Crippen LogP contribution in [0.15, 0.2) is 56.6 Å². The van der Waals surface area contributed by atoms with Crippen LogP contribution in [0.5, 0.6) is 0 Å². The second-order valence-corrected chi connectivity index (χ2v) is 6.81. The molecule has 6 heteroatoms. The average Bonchev–Trinajstić information content (AvgIpc) is 2.81. The van der Waals surface area contributed by atoms with Crippen molar-refractivity contribution in [2.75, 3.05) is 7.05 Å². The largest absolute Gasteiger partial charge is 0.472 e. The molecule has 0 atom stereocenters. The highest BCUT2D eigenvalue weighted by Crippen LogP contribution is 2.20. The van der Waals surface area contributed by atoms with E-state index >= 15 is 0 Å². The molecular formula is C12H12BrNO3S. The van der Waals surface area contributed by atoms with Crippen molar-refractivity contribution in [1.29, 1.82) is 0 Å². The van der Waals surface area contributed by atoms with Gasteiger partial charge in [0.05, 0.1) is 17.4 Å². The second-order valence-electron chi connectivity index (χ2n) is 3.85. The van der Waals surface area contributed by atoms with Gasteiger partial charge in [0.15, 0.2) is 0 Å². The Morgan fingerprint density at radius 2 is 2.11 bits per heavy atom. The lowest BCUT2D eigenvalue weighted by Crippen LogP contribution is -2.26. The van der Waals surface area contributed by atoms with Gasteiger partial charge in [0, 0.05) is 23.6 Å². The van der Waals surface area contributed by atoms with Crippen molar-refractivity contribution >= 4 is 26.0 Å². The summed E-state index contributed by atoms with van der Waals surface area (Å²) in [5, 5.41) is 0. The third kappa shape index (κ3) is 2.82. The highest BCUT2D eigenvalue weighted by Gasteiger charge is 2.21. The van der Waals surface area contributed by atoms with Crippen LogP contribution in [0.3, 0.4) is 0 Å². The van der Waals surface area contributed by atoms with Crippen LogP contribution in [-0.4, -0.2) is 19.8 Å². The normalized spacial score (nSPS) is 11.9. The molecule has 0 aliphatic rings. The molecular weight excluding hydrogens is 318 g/mol. The fourth-order valence-electron chi connectivity index (χ4n) is 1.53. The molecule has 0 spiro atoms. The first-order valence-electron chi connectivity index (χ1n) is 5.23. The van der Waals surface area contributed by atoms with E-state index in [0.717, 1.165) is 10.0 Å². The molecule has 0 bridgehead atoms. The van der Waals surface area contributed by atoms with Gasteiger partial charge in [-0.05, 0) is 24.3 Å². The SMILES string of the molecule is CN(Cc1ccoc1)S(=O)(=O)c1cccc(Br)c1. The number of nitrogens with zero attached hydrogens (tertiary/aromatic N) is 1. The zero-order valence-corrected chi connectivity index (χ0v) is 12.1. The fraction of sp³-hybridized carbons (Fsp3) is 0.167. The first-order valence-corrected chi connectivity index (χ1v) is 7.46. The third-order valence-electron chi connectivity index (χ3n) is 2.49. The molecule has 0 saturated carbocycles. The molecule has 1 aromatic carbocycles. The van der Waals surface area contributed by atoms with Crippen molar-refractivity contribution in [3.05, 3.63) is 52.9 Å². The summed E-state index contributed by atoms with van der Waals surface area (Å²) in [7, 11) is -1.93. The summed E-state index contributed by atoms with van der Waals surface area (Å²) in [6, 6.07) is 8.39. The summed E-state index contributed by atoms with van der Waals surface area (Å²) in [5.74, 6) is 0. The Hall–Kier alpha value is -1.11. The molecule has 0 amide bonds. The Kier molecular flexibility index (Phi) is 3.89. The van der Waals surface area contributed by atoms with Crippen LogP contribution in [0.1, 0.15) is 5.56 Å². The number of rotatable bonds is 4. The number of benzene rings is 1. The zero-order chi connectivity index (χ0) is 13.2. The van der Waals surface area contributed by atoms with Crippen molar-refractivity contribution in [1.82, 2.24) is 4.31 Å². The Labute approximate surface area is 114 Å². The van der Waals surface area contributed by atoms with Crippen LogP contribution in [-0.2, 0) is 16.6 Å². The molecule has 0 fully saturated rings. The standard InChI is InChI=1S/C12H12BrNO3S/c1-14(8-10-5-6-17-9-10)18(15,16)12-4-2-3-11(13)7-12/h2-7,9H,8H2,1H3. The summed E-state index contributed by atoms with van der Waals surface area (Å²) < 4.78 is 31.5. The van der Waals surface area contributed by atoms with Crippen LogP contribution in [0.25, 0.3) is 0 Å². The Morgan fingerprint density at radius 3 is 2.72 bits per heavy atom. The quantitative estimate of drug-likeness (QED) is 0.866. The van der Waals surface area contributed by atoms with E-state index in [0.29, 0.717) is 0 Å². The molecule has 0 radical (unpaired) electrons. The molecule has 0 saturated heterocycles. The fourth-order valence-corrected chi connectivity index (χ4v) is 3.29. The first kappa shape index (κ1) is 13.3. The highest BCUT2D eigenvalue weighted by molar-refractivity contribution is 9.10. The minimum absolute atomic E-state index is 0.267. The van der Waals surface area contributed by atoms with Gasteiger partial charge in [-0.3, -0.25) is 0 Å². The van der Waals surface area contributed by atoms with Crippen molar-refractivity contribution in [2.24, 2.45) is 0 Å². The minimum atomic E-state index is -3.48. The summed E-state index contributed by atoms with van der Waals surface area (Å²) in [6.45, 7) is 0.283. The molecule has 0 aliphatic heterocycles. The molecule has 0 N–H and O–H groups in total. The zero-order valence-electron chi connectivity index (χ0n) is 9.71. The molecule has 96 valence electrons. The lowest BCUT2D eigenvalue weighted by molar-refractivity contribution is 0.463. The Bertz CT molecular complexity index is 623. The van der Waals surface area contributed by atoms with E-state index in [2.05, 4.69) is 15.9 Å². The number of hydrogen-bond donors (Lipinski definition) is 0. The van der Waals surface area contributed by atoms with Gasteiger partial charge < -0.3 is 4.42 Å². The van der Waals surface area contributed by atoms with Gasteiger partial charge >= 0.3 is 0 Å². The Balaban J connectivity index is 2.25. The lowest BCUT2D eigenvalue weighted by atomic mass is 10.3. The van der Waals surface area contributed by atoms with Gasteiger partial charge in [0.1, 0.15) is 0 Å². The monoisotopic (exact) mass is 329 g/mol. The van der Waals surface area contributed by atoms with Crippen LogP contribution in [0.4, 0.5) is 0 Å². The average molecular weight is 330 g/mol. The van der Waals surface area contributed by atoms with E-state index in [1.165, 1.54) is 16.8 Å². The van der Waals surface area contributed by atoms with Crippen LogP contribution in [0, 0.1) is 0 Å². The van der Waals surface area contributed by atoms with E-state index in [4.69, 9.17) is 4.42 Å². The molecule has 0 unspecified atom stereocenters. The van der Waals surface area contributed by atoms with Gasteiger partial charge in [-0.1, -0.05) is 22.0 Å². The van der Waals surface area contributed by atoms with Crippen LogP contribution in [0.2, 0.25) is 0 Å². The van der Waals surface area contributed by atoms with E-state index in [-0.39, 0.29) is 11.4 Å². The lowest BCUT2D eigenvalue weighted by Gasteiger charge is -2.16. The molecule has 2 rings (SSSR count). The minimum Gasteiger partial charge on any atom is -0.472 e. The summed E-state index contributed by atoms with van der Waals surface area (Å²) >= 11 is 3.27. The molecule has 2 aromatic rings. The van der Waals surface area contributed by atoms with Crippen molar-refractivity contribution < 1.29 is 12.8 Å². The van der Waals surface area contributed by atoms with Crippen LogP contribution < -0.4 is 0 Å². The second kappa shape index (κ2) is 5.26. The van der Waals surface area contributed by atoms with Crippen LogP contribution >= 0.6 is 15.9 Å². The number of hydrogen-bond acceptors (Lipinski definition) is 3. The maximum Gasteiger partial charge on any atom is 0.243 e. The number of halogens is 1. The third-order valence-corrected chi connectivity index (χ3v) is 4.78. The summed E-state index contributed by atoms with van der Waals surface area (Å²) in [6.07, 6.45) is 3.06. The number of sulfonamides is 1. The topological polar surface area (TPSA) is 50.5 Å². The van der Waals surface area contributed by atoms with E-state index in [1.807, 2.05) is 0 Å². The number of furan rings is 1. The predicted molar refractivity (Wildman–Crippen MR) is 71.5 cm³/mol. The first-order chi connectivity index (χ1) is 8.50. The highest BCUT2D eigenvalue weighted by atomic mass is 79.9. The van der Waals surface area contributed by atoms with E-state index < -0.39 is 10.0 Å². The smallest absolute Gasteiger partial charge is 0.243 e. The molecule has 1 aromatic heterocycles. The van der Waals surface area contributed by atoms with E-state index in [1.54, 1.807) is 37.4 Å². The van der Waals surface area contributed by atoms with Gasteiger partial charge in [0.2, 0.25) is 10.0 Å². The Morgan fingerprint density at radius 1 is 1.33 bits per heavy atom. The van der Waals surface area contributed by atoms with E-state index in [9.17, 15) is 8.42 Å². The van der Waals surface area contributed by atoms with Gasteiger partial charge in [-0.2, -0.15) is 4.31 Å². The van der Waals surface area contributed by atoms with Gasteiger partial charge in [-0.15, -0.1) is 0 Å². The predicted octanol–water partition coefficient (Wildman–Crippen LogP) is 2.86. The maximum atomic E-state index is 12.3. The molecule has 4 nitrogen and oxygen atoms in total. The summed E-state index contributed by atoms with van der Waals surface area (Å²) in [5.41, 5.74) is 0.816. The molecule has 0 aliphatic carbocycles. The molecule has 1 heterocycles. The summed E-state index contributed by atoms with van der Waals surface area (Å²) in [4.78, 5) is 0.267.